The number of rotatable bonds is 4. The lowest BCUT2D eigenvalue weighted by Gasteiger charge is -2.24. The van der Waals surface area contributed by atoms with Gasteiger partial charge in [-0.05, 0) is 49.4 Å². The lowest BCUT2D eigenvalue weighted by atomic mass is 10.3. The molecular formula is C14H12Cl2FNO2S. The van der Waals surface area contributed by atoms with Gasteiger partial charge in [0.1, 0.15) is 5.82 Å². The average molecular weight is 348 g/mol. The molecule has 0 bridgehead atoms. The summed E-state index contributed by atoms with van der Waals surface area (Å²) in [5.74, 6) is -0.502. The number of anilines is 1. The fraction of sp³-hybridized carbons (Fsp3) is 0.143. The van der Waals surface area contributed by atoms with Crippen molar-refractivity contribution < 1.29 is 12.8 Å². The lowest BCUT2D eigenvalue weighted by Crippen LogP contribution is -2.31. The molecule has 0 aliphatic heterocycles. The molecule has 0 radical (unpaired) electrons. The molecule has 21 heavy (non-hydrogen) atoms. The minimum atomic E-state index is -3.84. The van der Waals surface area contributed by atoms with E-state index in [9.17, 15) is 12.8 Å². The van der Waals surface area contributed by atoms with Crippen LogP contribution in [-0.4, -0.2) is 15.0 Å². The van der Waals surface area contributed by atoms with Crippen molar-refractivity contribution in [1.29, 1.82) is 0 Å². The van der Waals surface area contributed by atoms with Gasteiger partial charge in [0.15, 0.2) is 0 Å². The van der Waals surface area contributed by atoms with Gasteiger partial charge in [0.05, 0.1) is 15.6 Å². The Hall–Kier alpha value is -1.30. The third-order valence-electron chi connectivity index (χ3n) is 2.87. The van der Waals surface area contributed by atoms with Crippen molar-refractivity contribution in [3.8, 4) is 0 Å². The van der Waals surface area contributed by atoms with Crippen LogP contribution in [-0.2, 0) is 10.0 Å². The smallest absolute Gasteiger partial charge is 0.264 e. The Balaban J connectivity index is 2.54. The summed E-state index contributed by atoms with van der Waals surface area (Å²) < 4.78 is 39.4. The molecule has 0 heterocycles. The monoisotopic (exact) mass is 347 g/mol. The summed E-state index contributed by atoms with van der Waals surface area (Å²) in [6.45, 7) is 1.85. The molecule has 0 saturated carbocycles. The highest BCUT2D eigenvalue weighted by Gasteiger charge is 2.25. The van der Waals surface area contributed by atoms with E-state index in [4.69, 9.17) is 23.2 Å². The molecule has 0 aliphatic carbocycles. The second kappa shape index (κ2) is 6.22. The van der Waals surface area contributed by atoms with Crippen molar-refractivity contribution >= 4 is 38.9 Å². The summed E-state index contributed by atoms with van der Waals surface area (Å²) in [7, 11) is -3.84. The predicted molar refractivity (Wildman–Crippen MR) is 83.1 cm³/mol. The summed E-state index contributed by atoms with van der Waals surface area (Å²) in [5.41, 5.74) is 0.288. The molecular weight excluding hydrogens is 336 g/mol. The van der Waals surface area contributed by atoms with E-state index in [0.717, 1.165) is 16.4 Å². The van der Waals surface area contributed by atoms with Gasteiger partial charge >= 0.3 is 0 Å². The third kappa shape index (κ3) is 3.31. The summed E-state index contributed by atoms with van der Waals surface area (Å²) >= 11 is 12.0. The second-order valence-corrected chi connectivity index (χ2v) is 6.93. The molecule has 2 aromatic carbocycles. The Morgan fingerprint density at radius 1 is 1.10 bits per heavy atom. The van der Waals surface area contributed by atoms with Gasteiger partial charge in [-0.2, -0.15) is 0 Å². The molecule has 0 unspecified atom stereocenters. The van der Waals surface area contributed by atoms with E-state index >= 15 is 0 Å². The molecule has 0 N–H and O–H groups in total. The van der Waals surface area contributed by atoms with E-state index in [-0.39, 0.29) is 22.2 Å². The second-order valence-electron chi connectivity index (χ2n) is 4.22. The van der Waals surface area contributed by atoms with Crippen molar-refractivity contribution in [2.75, 3.05) is 10.8 Å². The lowest BCUT2D eigenvalue weighted by molar-refractivity contribution is 0.590. The third-order valence-corrected chi connectivity index (χ3v) is 5.32. The highest BCUT2D eigenvalue weighted by atomic mass is 35.5. The molecule has 0 aromatic heterocycles. The van der Waals surface area contributed by atoms with Crippen molar-refractivity contribution in [3.63, 3.8) is 0 Å². The number of hydrogen-bond acceptors (Lipinski definition) is 2. The van der Waals surface area contributed by atoms with Gasteiger partial charge in [0.25, 0.3) is 10.0 Å². The van der Waals surface area contributed by atoms with Crippen molar-refractivity contribution in [2.24, 2.45) is 0 Å². The van der Waals surface area contributed by atoms with Crippen LogP contribution < -0.4 is 4.31 Å². The van der Waals surface area contributed by atoms with Gasteiger partial charge in [0, 0.05) is 11.6 Å². The molecule has 0 saturated heterocycles. The van der Waals surface area contributed by atoms with Crippen LogP contribution in [0, 0.1) is 5.82 Å². The van der Waals surface area contributed by atoms with E-state index in [1.807, 2.05) is 0 Å². The summed E-state index contributed by atoms with van der Waals surface area (Å²) in [6, 6.07) is 9.21. The molecule has 2 aromatic rings. The zero-order chi connectivity index (χ0) is 15.6. The molecule has 0 spiro atoms. The van der Waals surface area contributed by atoms with E-state index < -0.39 is 15.8 Å². The van der Waals surface area contributed by atoms with Gasteiger partial charge in [-0.1, -0.05) is 23.2 Å². The van der Waals surface area contributed by atoms with E-state index in [2.05, 4.69) is 0 Å². The van der Waals surface area contributed by atoms with Gasteiger partial charge in [-0.3, -0.25) is 4.31 Å². The Morgan fingerprint density at radius 2 is 1.71 bits per heavy atom. The highest BCUT2D eigenvalue weighted by molar-refractivity contribution is 7.92. The fourth-order valence-corrected chi connectivity index (χ4v) is 3.80. The predicted octanol–water partition coefficient (Wildman–Crippen LogP) is 4.35. The zero-order valence-corrected chi connectivity index (χ0v) is 13.4. The fourth-order valence-electron chi connectivity index (χ4n) is 1.88. The Bertz CT molecular complexity index is 748. The minimum absolute atomic E-state index is 0.0122. The Labute approximate surface area is 133 Å². The highest BCUT2D eigenvalue weighted by Crippen LogP contribution is 2.32. The largest absolute Gasteiger partial charge is 0.265 e. The first-order chi connectivity index (χ1) is 9.86. The molecule has 7 heteroatoms. The van der Waals surface area contributed by atoms with Gasteiger partial charge in [0.2, 0.25) is 0 Å². The van der Waals surface area contributed by atoms with Crippen LogP contribution >= 0.6 is 23.2 Å². The zero-order valence-electron chi connectivity index (χ0n) is 11.1. The maximum Gasteiger partial charge on any atom is 0.264 e. The number of benzene rings is 2. The Kier molecular flexibility index (Phi) is 4.76. The van der Waals surface area contributed by atoms with E-state index in [1.54, 1.807) is 13.0 Å². The van der Waals surface area contributed by atoms with E-state index in [0.29, 0.717) is 5.02 Å². The Morgan fingerprint density at radius 3 is 2.29 bits per heavy atom. The van der Waals surface area contributed by atoms with Crippen LogP contribution in [0.4, 0.5) is 10.1 Å². The molecule has 0 amide bonds. The maximum absolute atomic E-state index is 13.0. The standard InChI is InChI=1S/C14H12Cl2FNO2S/c1-2-18(14-9-10(15)3-8-13(14)16)21(19,20)12-6-4-11(17)5-7-12/h3-9H,2H2,1H3. The number of halogens is 3. The topological polar surface area (TPSA) is 37.4 Å². The summed E-state index contributed by atoms with van der Waals surface area (Å²) in [4.78, 5) is -0.0122. The van der Waals surface area contributed by atoms with Crippen molar-refractivity contribution in [2.45, 2.75) is 11.8 Å². The van der Waals surface area contributed by atoms with Crippen LogP contribution in [0.3, 0.4) is 0 Å². The van der Waals surface area contributed by atoms with Gasteiger partial charge in [-0.25, -0.2) is 12.8 Å². The van der Waals surface area contributed by atoms with Crippen molar-refractivity contribution in [3.05, 3.63) is 58.3 Å². The van der Waals surface area contributed by atoms with Gasteiger partial charge < -0.3 is 0 Å². The normalized spacial score (nSPS) is 11.4. The molecule has 0 fully saturated rings. The van der Waals surface area contributed by atoms with Crippen LogP contribution in [0.1, 0.15) is 6.92 Å². The van der Waals surface area contributed by atoms with Crippen LogP contribution in [0.2, 0.25) is 10.0 Å². The average Bonchev–Trinajstić information content (AvgIpc) is 2.43. The van der Waals surface area contributed by atoms with Crippen LogP contribution in [0.5, 0.6) is 0 Å². The van der Waals surface area contributed by atoms with E-state index in [1.165, 1.54) is 24.3 Å². The van der Waals surface area contributed by atoms with Crippen molar-refractivity contribution in [1.82, 2.24) is 0 Å². The van der Waals surface area contributed by atoms with Crippen LogP contribution in [0.25, 0.3) is 0 Å². The minimum Gasteiger partial charge on any atom is -0.265 e. The molecule has 2 rings (SSSR count). The summed E-state index contributed by atoms with van der Waals surface area (Å²) in [5, 5.41) is 0.647. The SMILES string of the molecule is CCN(c1cc(Cl)ccc1Cl)S(=O)(=O)c1ccc(F)cc1. The van der Waals surface area contributed by atoms with Gasteiger partial charge in [-0.15, -0.1) is 0 Å². The quantitative estimate of drug-likeness (QED) is 0.824. The number of nitrogens with zero attached hydrogens (tertiary/aromatic N) is 1. The first kappa shape index (κ1) is 16.1. The molecule has 3 nitrogen and oxygen atoms in total. The van der Waals surface area contributed by atoms with Crippen LogP contribution in [0.15, 0.2) is 47.4 Å². The number of sulfonamides is 1. The molecule has 0 atom stereocenters. The molecule has 112 valence electrons. The summed E-state index contributed by atoms with van der Waals surface area (Å²) in [6.07, 6.45) is 0. The first-order valence-corrected chi connectivity index (χ1v) is 8.29. The maximum atomic E-state index is 13.0. The number of hydrogen-bond donors (Lipinski definition) is 0. The first-order valence-electron chi connectivity index (χ1n) is 6.09. The molecule has 0 aliphatic rings.